The van der Waals surface area contributed by atoms with E-state index in [-0.39, 0.29) is 10.6 Å². The number of aryl methyl sites for hydroxylation is 2. The minimum Gasteiger partial charge on any atom is -0.364 e. The van der Waals surface area contributed by atoms with Crippen LogP contribution in [0.5, 0.6) is 0 Å². The molecular weight excluding hydrogens is 246 g/mol. The summed E-state index contributed by atoms with van der Waals surface area (Å²) in [6.45, 7) is 7.17. The van der Waals surface area contributed by atoms with Crippen LogP contribution in [0.2, 0.25) is 0 Å². The van der Waals surface area contributed by atoms with Crippen molar-refractivity contribution in [2.24, 2.45) is 5.92 Å². The van der Waals surface area contributed by atoms with Gasteiger partial charge in [0, 0.05) is 13.1 Å². The van der Waals surface area contributed by atoms with Gasteiger partial charge in [0.05, 0.1) is 4.92 Å². The molecule has 106 valence electrons. The van der Waals surface area contributed by atoms with Crippen LogP contribution in [0.4, 0.5) is 11.5 Å². The summed E-state index contributed by atoms with van der Waals surface area (Å²) in [6.07, 6.45) is 2.01. The normalized spacial score (nSPS) is 18.7. The van der Waals surface area contributed by atoms with E-state index in [2.05, 4.69) is 15.7 Å². The second-order valence-corrected chi connectivity index (χ2v) is 5.00. The zero-order chi connectivity index (χ0) is 13.8. The third-order valence-corrected chi connectivity index (χ3v) is 3.43. The maximum atomic E-state index is 11.2. The number of nitrogens with one attached hydrogen (secondary N) is 2. The van der Waals surface area contributed by atoms with Gasteiger partial charge in [-0.3, -0.25) is 10.1 Å². The van der Waals surface area contributed by atoms with Crippen molar-refractivity contribution in [2.45, 2.75) is 33.2 Å². The second kappa shape index (κ2) is 6.01. The molecule has 1 atom stereocenters. The topological polar surface area (TPSA) is 85.0 Å². The molecule has 19 heavy (non-hydrogen) atoms. The van der Waals surface area contributed by atoms with Crippen LogP contribution in [0.25, 0.3) is 0 Å². The van der Waals surface area contributed by atoms with Crippen molar-refractivity contribution in [1.29, 1.82) is 0 Å². The predicted octanol–water partition coefficient (Wildman–Crippen LogP) is 1.53. The van der Waals surface area contributed by atoms with E-state index in [4.69, 9.17) is 0 Å². The van der Waals surface area contributed by atoms with Gasteiger partial charge in [0.2, 0.25) is 5.82 Å². The summed E-state index contributed by atoms with van der Waals surface area (Å²) in [5, 5.41) is 21.9. The van der Waals surface area contributed by atoms with Crippen molar-refractivity contribution in [3.8, 4) is 0 Å². The van der Waals surface area contributed by atoms with Gasteiger partial charge in [0.25, 0.3) is 0 Å². The highest BCUT2D eigenvalue weighted by Crippen LogP contribution is 2.28. The molecule has 0 radical (unpaired) electrons. The Kier molecular flexibility index (Phi) is 4.36. The molecule has 7 heteroatoms. The Labute approximate surface area is 112 Å². The minimum atomic E-state index is -0.344. The average molecular weight is 267 g/mol. The summed E-state index contributed by atoms with van der Waals surface area (Å²) in [5.74, 6) is 1.08. The summed E-state index contributed by atoms with van der Waals surface area (Å²) in [7, 11) is 0. The van der Waals surface area contributed by atoms with E-state index in [0.29, 0.717) is 24.0 Å². The summed E-state index contributed by atoms with van der Waals surface area (Å²) >= 11 is 0. The molecule has 2 N–H and O–H groups in total. The molecule has 0 amide bonds. The zero-order valence-electron chi connectivity index (χ0n) is 11.5. The van der Waals surface area contributed by atoms with Gasteiger partial charge in [-0.05, 0) is 38.8 Å². The first kappa shape index (κ1) is 13.8. The third kappa shape index (κ3) is 3.04. The average Bonchev–Trinajstić information content (AvgIpc) is 2.95. The number of nitro groups is 1. The maximum Gasteiger partial charge on any atom is 0.333 e. The maximum absolute atomic E-state index is 11.2. The molecule has 1 aromatic heterocycles. The molecule has 1 aliphatic rings. The molecule has 2 heterocycles. The Morgan fingerprint density at radius 1 is 1.63 bits per heavy atom. The van der Waals surface area contributed by atoms with Gasteiger partial charge in [0.15, 0.2) is 0 Å². The smallest absolute Gasteiger partial charge is 0.333 e. The van der Waals surface area contributed by atoms with E-state index in [9.17, 15) is 10.1 Å². The molecule has 1 saturated heterocycles. The molecule has 1 fully saturated rings. The molecule has 0 aliphatic carbocycles. The second-order valence-electron chi connectivity index (χ2n) is 5.00. The number of rotatable bonds is 6. The molecule has 2 rings (SSSR count). The Morgan fingerprint density at radius 2 is 2.42 bits per heavy atom. The minimum absolute atomic E-state index is 0.111. The number of hydrogen-bond donors (Lipinski definition) is 2. The first-order valence-electron chi connectivity index (χ1n) is 6.79. The van der Waals surface area contributed by atoms with Crippen LogP contribution in [0, 0.1) is 23.0 Å². The van der Waals surface area contributed by atoms with E-state index in [1.807, 2.05) is 6.92 Å². The van der Waals surface area contributed by atoms with Gasteiger partial charge < -0.3 is 10.6 Å². The number of hydrogen-bond acceptors (Lipinski definition) is 5. The number of nitrogens with zero attached hydrogens (tertiary/aromatic N) is 3. The molecule has 1 aliphatic heterocycles. The summed E-state index contributed by atoms with van der Waals surface area (Å²) in [6, 6.07) is 0. The summed E-state index contributed by atoms with van der Waals surface area (Å²) < 4.78 is 1.72. The SMILES string of the molecule is CCCn1nc(C)c([N+](=O)[O-])c1NCC1CCNC1. The van der Waals surface area contributed by atoms with Crippen LogP contribution >= 0.6 is 0 Å². The van der Waals surface area contributed by atoms with Crippen LogP contribution in [0.15, 0.2) is 0 Å². The Hall–Kier alpha value is -1.63. The van der Waals surface area contributed by atoms with Gasteiger partial charge in [-0.1, -0.05) is 6.92 Å². The van der Waals surface area contributed by atoms with Crippen LogP contribution < -0.4 is 10.6 Å². The molecule has 1 aromatic rings. The molecule has 7 nitrogen and oxygen atoms in total. The van der Waals surface area contributed by atoms with Gasteiger partial charge in [-0.15, -0.1) is 0 Å². The van der Waals surface area contributed by atoms with Crippen molar-refractivity contribution in [1.82, 2.24) is 15.1 Å². The van der Waals surface area contributed by atoms with Crippen LogP contribution in [-0.2, 0) is 6.54 Å². The van der Waals surface area contributed by atoms with Crippen molar-refractivity contribution >= 4 is 11.5 Å². The van der Waals surface area contributed by atoms with E-state index in [0.717, 1.165) is 32.5 Å². The van der Waals surface area contributed by atoms with E-state index in [1.54, 1.807) is 11.6 Å². The first-order chi connectivity index (χ1) is 9.13. The van der Waals surface area contributed by atoms with Gasteiger partial charge >= 0.3 is 5.69 Å². The quantitative estimate of drug-likeness (QED) is 0.603. The molecular formula is C12H21N5O2. The first-order valence-corrected chi connectivity index (χ1v) is 6.79. The van der Waals surface area contributed by atoms with Crippen LogP contribution in [0.1, 0.15) is 25.5 Å². The molecule has 1 unspecified atom stereocenters. The predicted molar refractivity (Wildman–Crippen MR) is 73.4 cm³/mol. The largest absolute Gasteiger partial charge is 0.364 e. The lowest BCUT2D eigenvalue weighted by Crippen LogP contribution is -2.19. The third-order valence-electron chi connectivity index (χ3n) is 3.43. The fraction of sp³-hybridized carbons (Fsp3) is 0.750. The molecule has 0 saturated carbocycles. The lowest BCUT2D eigenvalue weighted by atomic mass is 10.1. The standard InChI is InChI=1S/C12H21N5O2/c1-3-6-16-12(11(17(18)19)9(2)15-16)14-8-10-4-5-13-7-10/h10,13-14H,3-8H2,1-2H3. The van der Waals surface area contributed by atoms with Crippen molar-refractivity contribution in [3.63, 3.8) is 0 Å². The van der Waals surface area contributed by atoms with Crippen molar-refractivity contribution < 1.29 is 4.92 Å². The lowest BCUT2D eigenvalue weighted by Gasteiger charge is -2.12. The van der Waals surface area contributed by atoms with Gasteiger partial charge in [-0.2, -0.15) is 5.10 Å². The zero-order valence-corrected chi connectivity index (χ0v) is 11.5. The van der Waals surface area contributed by atoms with Crippen molar-refractivity contribution in [3.05, 3.63) is 15.8 Å². The Morgan fingerprint density at radius 3 is 3.00 bits per heavy atom. The molecule has 0 aromatic carbocycles. The fourth-order valence-electron chi connectivity index (χ4n) is 2.47. The highest BCUT2D eigenvalue weighted by atomic mass is 16.6. The monoisotopic (exact) mass is 267 g/mol. The summed E-state index contributed by atoms with van der Waals surface area (Å²) in [5.41, 5.74) is 0.588. The van der Waals surface area contributed by atoms with Crippen LogP contribution in [-0.4, -0.2) is 34.3 Å². The summed E-state index contributed by atoms with van der Waals surface area (Å²) in [4.78, 5) is 10.8. The Bertz CT molecular complexity index is 451. The molecule has 0 spiro atoms. The van der Waals surface area contributed by atoms with E-state index in [1.165, 1.54) is 0 Å². The van der Waals surface area contributed by atoms with Gasteiger partial charge in [0.1, 0.15) is 5.69 Å². The van der Waals surface area contributed by atoms with Crippen molar-refractivity contribution in [2.75, 3.05) is 25.0 Å². The Balaban J connectivity index is 2.16. The fourth-order valence-corrected chi connectivity index (χ4v) is 2.47. The van der Waals surface area contributed by atoms with E-state index < -0.39 is 0 Å². The number of aromatic nitrogens is 2. The highest BCUT2D eigenvalue weighted by Gasteiger charge is 2.26. The molecule has 0 bridgehead atoms. The highest BCUT2D eigenvalue weighted by molar-refractivity contribution is 5.59. The van der Waals surface area contributed by atoms with Crippen LogP contribution in [0.3, 0.4) is 0 Å². The van der Waals surface area contributed by atoms with Gasteiger partial charge in [-0.25, -0.2) is 4.68 Å². The van der Waals surface area contributed by atoms with E-state index >= 15 is 0 Å². The number of anilines is 1. The lowest BCUT2D eigenvalue weighted by molar-refractivity contribution is -0.384.